The molecule has 1 aromatic heterocycles. The van der Waals surface area contributed by atoms with Crippen molar-refractivity contribution in [1.82, 2.24) is 4.57 Å². The van der Waals surface area contributed by atoms with Gasteiger partial charge < -0.3 is 4.57 Å². The smallest absolute Gasteiger partial charge is 0.0582 e. The van der Waals surface area contributed by atoms with Gasteiger partial charge in [-0.05, 0) is 46.9 Å². The minimum atomic E-state index is 1.24. The Morgan fingerprint density at radius 2 is 1.58 bits per heavy atom. The van der Waals surface area contributed by atoms with Gasteiger partial charge in [0.2, 0.25) is 0 Å². The van der Waals surface area contributed by atoms with Crippen LogP contribution in [0, 0.1) is 3.57 Å². The first-order valence-corrected chi connectivity index (χ1v) is 4.84. The lowest BCUT2D eigenvalue weighted by Gasteiger charge is -2.04. The Labute approximate surface area is 85.2 Å². The molecule has 2 heteroatoms. The van der Waals surface area contributed by atoms with Gasteiger partial charge in [0.05, 0.1) is 5.69 Å². The second-order valence-electron chi connectivity index (χ2n) is 2.54. The largest absolute Gasteiger partial charge is 0.323 e. The van der Waals surface area contributed by atoms with Crippen LogP contribution in [-0.2, 0) is 0 Å². The molecule has 0 unspecified atom stereocenters. The lowest BCUT2D eigenvalue weighted by atomic mass is 10.3. The third-order valence-corrected chi connectivity index (χ3v) is 2.65. The van der Waals surface area contributed by atoms with Gasteiger partial charge in [-0.3, -0.25) is 0 Å². The number of para-hydroxylation sites is 1. The zero-order chi connectivity index (χ0) is 8.39. The van der Waals surface area contributed by atoms with Crippen molar-refractivity contribution >= 4 is 22.6 Å². The van der Waals surface area contributed by atoms with Crippen LogP contribution in [0.1, 0.15) is 0 Å². The Hall–Kier alpha value is -0.770. The summed E-state index contributed by atoms with van der Waals surface area (Å²) in [7, 11) is 0. The number of benzene rings is 1. The molecule has 1 heterocycles. The maximum absolute atomic E-state index is 2.34. The molecule has 0 N–H and O–H groups in total. The van der Waals surface area contributed by atoms with Gasteiger partial charge in [-0.1, -0.05) is 12.1 Å². The lowest BCUT2D eigenvalue weighted by molar-refractivity contribution is 1.07. The van der Waals surface area contributed by atoms with E-state index in [0.717, 1.165) is 0 Å². The quantitative estimate of drug-likeness (QED) is 0.701. The molecule has 12 heavy (non-hydrogen) atoms. The van der Waals surface area contributed by atoms with Crippen molar-refractivity contribution in [1.29, 1.82) is 0 Å². The summed E-state index contributed by atoms with van der Waals surface area (Å²) in [4.78, 5) is 0. The molecule has 0 fully saturated rings. The highest BCUT2D eigenvalue weighted by Gasteiger charge is 1.97. The molecule has 1 aromatic carbocycles. The summed E-state index contributed by atoms with van der Waals surface area (Å²) in [6.07, 6.45) is 4.11. The first-order valence-electron chi connectivity index (χ1n) is 3.76. The van der Waals surface area contributed by atoms with Gasteiger partial charge in [-0.2, -0.15) is 0 Å². The fourth-order valence-electron chi connectivity index (χ4n) is 1.16. The van der Waals surface area contributed by atoms with Crippen LogP contribution < -0.4 is 0 Å². The van der Waals surface area contributed by atoms with Gasteiger partial charge in [0.1, 0.15) is 0 Å². The van der Waals surface area contributed by atoms with E-state index in [2.05, 4.69) is 63.8 Å². The molecule has 60 valence electrons. The van der Waals surface area contributed by atoms with Gasteiger partial charge in [0, 0.05) is 16.0 Å². The van der Waals surface area contributed by atoms with Crippen LogP contribution in [0.5, 0.6) is 0 Å². The fourth-order valence-corrected chi connectivity index (χ4v) is 1.82. The van der Waals surface area contributed by atoms with Gasteiger partial charge >= 0.3 is 0 Å². The van der Waals surface area contributed by atoms with Crippen molar-refractivity contribution in [3.63, 3.8) is 0 Å². The summed E-state index contributed by atoms with van der Waals surface area (Å²) in [5, 5.41) is 0. The van der Waals surface area contributed by atoms with E-state index < -0.39 is 0 Å². The molecular formula is C10H8IN. The molecule has 1 nitrogen and oxygen atoms in total. The van der Waals surface area contributed by atoms with Crippen LogP contribution in [0.3, 0.4) is 0 Å². The van der Waals surface area contributed by atoms with E-state index in [0.29, 0.717) is 0 Å². The van der Waals surface area contributed by atoms with Crippen molar-refractivity contribution < 1.29 is 0 Å². The SMILES string of the molecule is Ic1ccccc1-n1cccc1. The Morgan fingerprint density at radius 1 is 0.917 bits per heavy atom. The maximum Gasteiger partial charge on any atom is 0.0582 e. The molecule has 0 aliphatic carbocycles. The second kappa shape index (κ2) is 3.31. The normalized spacial score (nSPS) is 10.1. The fraction of sp³-hybridized carbons (Fsp3) is 0. The molecule has 0 spiro atoms. The molecule has 2 aromatic rings. The summed E-state index contributed by atoms with van der Waals surface area (Å²) in [6.45, 7) is 0. The van der Waals surface area contributed by atoms with E-state index in [4.69, 9.17) is 0 Å². The minimum Gasteiger partial charge on any atom is -0.323 e. The van der Waals surface area contributed by atoms with E-state index in [1.807, 2.05) is 12.1 Å². The van der Waals surface area contributed by atoms with Crippen LogP contribution in [-0.4, -0.2) is 4.57 Å². The molecule has 0 aliphatic rings. The average molecular weight is 269 g/mol. The van der Waals surface area contributed by atoms with E-state index in [-0.39, 0.29) is 0 Å². The lowest BCUT2D eigenvalue weighted by Crippen LogP contribution is -1.91. The van der Waals surface area contributed by atoms with Crippen molar-refractivity contribution in [2.24, 2.45) is 0 Å². The topological polar surface area (TPSA) is 4.93 Å². The standard InChI is InChI=1S/C10H8IN/c11-9-5-1-2-6-10(9)12-7-3-4-8-12/h1-8H. The van der Waals surface area contributed by atoms with Crippen LogP contribution in [0.4, 0.5) is 0 Å². The molecule has 0 amide bonds. The number of rotatable bonds is 1. The third kappa shape index (κ3) is 1.39. The minimum absolute atomic E-state index is 1.24. The number of hydrogen-bond acceptors (Lipinski definition) is 0. The monoisotopic (exact) mass is 269 g/mol. The molecule has 0 radical (unpaired) electrons. The summed E-state index contributed by atoms with van der Waals surface area (Å²) >= 11 is 2.34. The maximum atomic E-state index is 2.34. The molecule has 0 atom stereocenters. The summed E-state index contributed by atoms with van der Waals surface area (Å²) < 4.78 is 3.38. The summed E-state index contributed by atoms with van der Waals surface area (Å²) in [6, 6.07) is 12.4. The summed E-state index contributed by atoms with van der Waals surface area (Å²) in [5.74, 6) is 0. The van der Waals surface area contributed by atoms with Crippen molar-refractivity contribution in [2.75, 3.05) is 0 Å². The Bertz CT molecular complexity index is 365. The van der Waals surface area contributed by atoms with E-state index >= 15 is 0 Å². The Kier molecular flexibility index (Phi) is 2.17. The van der Waals surface area contributed by atoms with Crippen LogP contribution in [0.25, 0.3) is 5.69 Å². The predicted octanol–water partition coefficient (Wildman–Crippen LogP) is 3.08. The average Bonchev–Trinajstić information content (AvgIpc) is 2.57. The number of aromatic nitrogens is 1. The zero-order valence-electron chi connectivity index (χ0n) is 6.44. The second-order valence-corrected chi connectivity index (χ2v) is 3.70. The van der Waals surface area contributed by atoms with Crippen LogP contribution >= 0.6 is 22.6 Å². The highest BCUT2D eigenvalue weighted by atomic mass is 127. The molecule has 0 saturated carbocycles. The number of hydrogen-bond donors (Lipinski definition) is 0. The number of nitrogens with zero attached hydrogens (tertiary/aromatic N) is 1. The first-order chi connectivity index (χ1) is 5.88. The van der Waals surface area contributed by atoms with E-state index in [9.17, 15) is 0 Å². The van der Waals surface area contributed by atoms with E-state index in [1.165, 1.54) is 9.26 Å². The molecule has 0 aliphatic heterocycles. The first kappa shape index (κ1) is 7.86. The predicted molar refractivity (Wildman–Crippen MR) is 58.5 cm³/mol. The Balaban J connectivity index is 2.55. The molecule has 0 bridgehead atoms. The highest BCUT2D eigenvalue weighted by molar-refractivity contribution is 14.1. The van der Waals surface area contributed by atoms with Crippen molar-refractivity contribution in [3.8, 4) is 5.69 Å². The zero-order valence-corrected chi connectivity index (χ0v) is 8.60. The van der Waals surface area contributed by atoms with Gasteiger partial charge in [-0.25, -0.2) is 0 Å². The van der Waals surface area contributed by atoms with E-state index in [1.54, 1.807) is 0 Å². The van der Waals surface area contributed by atoms with Crippen molar-refractivity contribution in [3.05, 3.63) is 52.4 Å². The Morgan fingerprint density at radius 3 is 2.25 bits per heavy atom. The molecular weight excluding hydrogens is 261 g/mol. The third-order valence-electron chi connectivity index (χ3n) is 1.74. The van der Waals surface area contributed by atoms with Gasteiger partial charge in [0.25, 0.3) is 0 Å². The summed E-state index contributed by atoms with van der Waals surface area (Å²) in [5.41, 5.74) is 1.24. The van der Waals surface area contributed by atoms with Gasteiger partial charge in [0.15, 0.2) is 0 Å². The van der Waals surface area contributed by atoms with Crippen LogP contribution in [0.15, 0.2) is 48.8 Å². The van der Waals surface area contributed by atoms with Crippen molar-refractivity contribution in [2.45, 2.75) is 0 Å². The highest BCUT2D eigenvalue weighted by Crippen LogP contribution is 2.15. The van der Waals surface area contributed by atoms with Crippen LogP contribution in [0.2, 0.25) is 0 Å². The van der Waals surface area contributed by atoms with Gasteiger partial charge in [-0.15, -0.1) is 0 Å². The molecule has 0 saturated heterocycles. The number of halogens is 1. The molecule has 2 rings (SSSR count).